The standard InChI is InChI=1S/C17H18ClN3O6S/c1-20(2)28(25,26)14-6-4-13(5-7-14)27-10-9-19-17(22)12-3-8-15(18)16(11-12)21(23)24/h3-8,11H,9-10H2,1-2H3,(H,19,22). The fourth-order valence-corrected chi connectivity index (χ4v) is 3.24. The van der Waals surface area contributed by atoms with Gasteiger partial charge in [0.1, 0.15) is 17.4 Å². The zero-order valence-corrected chi connectivity index (χ0v) is 16.7. The van der Waals surface area contributed by atoms with Gasteiger partial charge in [-0.1, -0.05) is 11.6 Å². The van der Waals surface area contributed by atoms with Gasteiger partial charge in [-0.2, -0.15) is 0 Å². The van der Waals surface area contributed by atoms with Gasteiger partial charge in [0.25, 0.3) is 11.6 Å². The van der Waals surface area contributed by atoms with Crippen LogP contribution in [0.25, 0.3) is 0 Å². The molecule has 2 rings (SSSR count). The van der Waals surface area contributed by atoms with Crippen molar-refractivity contribution in [2.45, 2.75) is 4.90 Å². The van der Waals surface area contributed by atoms with E-state index in [9.17, 15) is 23.3 Å². The summed E-state index contributed by atoms with van der Waals surface area (Å²) in [4.78, 5) is 22.4. The molecule has 0 aliphatic rings. The number of benzene rings is 2. The van der Waals surface area contributed by atoms with Crippen molar-refractivity contribution >= 4 is 33.2 Å². The molecular formula is C17H18ClN3O6S. The first-order valence-corrected chi connectivity index (χ1v) is 9.82. The van der Waals surface area contributed by atoms with E-state index in [4.69, 9.17) is 16.3 Å². The van der Waals surface area contributed by atoms with Crippen molar-refractivity contribution < 1.29 is 22.9 Å². The zero-order chi connectivity index (χ0) is 20.9. The molecule has 2 aromatic carbocycles. The van der Waals surface area contributed by atoms with Gasteiger partial charge < -0.3 is 10.1 Å². The summed E-state index contributed by atoms with van der Waals surface area (Å²) in [6.45, 7) is 0.272. The summed E-state index contributed by atoms with van der Waals surface area (Å²) in [7, 11) is -0.626. The van der Waals surface area contributed by atoms with Crippen LogP contribution in [0, 0.1) is 10.1 Å². The molecule has 0 saturated carbocycles. The van der Waals surface area contributed by atoms with Crippen LogP contribution >= 0.6 is 11.6 Å². The Kier molecular flexibility index (Phi) is 6.95. The predicted octanol–water partition coefficient (Wildman–Crippen LogP) is 2.31. The van der Waals surface area contributed by atoms with Crippen molar-refractivity contribution in [1.82, 2.24) is 9.62 Å². The van der Waals surface area contributed by atoms with Crippen LogP contribution in [-0.4, -0.2) is 50.8 Å². The molecule has 0 bridgehead atoms. The summed E-state index contributed by atoms with van der Waals surface area (Å²) in [6, 6.07) is 9.65. The van der Waals surface area contributed by atoms with Gasteiger partial charge in [0, 0.05) is 25.7 Å². The monoisotopic (exact) mass is 427 g/mol. The van der Waals surface area contributed by atoms with Crippen molar-refractivity contribution in [3.63, 3.8) is 0 Å². The third kappa shape index (κ3) is 5.18. The summed E-state index contributed by atoms with van der Waals surface area (Å²) in [5.41, 5.74) is -0.243. The molecule has 0 spiro atoms. The number of hydrogen-bond acceptors (Lipinski definition) is 6. The Bertz CT molecular complexity index is 977. The zero-order valence-electron chi connectivity index (χ0n) is 15.1. The first kappa shape index (κ1) is 21.6. The molecule has 150 valence electrons. The van der Waals surface area contributed by atoms with Crippen molar-refractivity contribution in [3.05, 3.63) is 63.2 Å². The van der Waals surface area contributed by atoms with Gasteiger partial charge in [-0.3, -0.25) is 14.9 Å². The van der Waals surface area contributed by atoms with E-state index in [-0.39, 0.29) is 34.3 Å². The molecule has 0 heterocycles. The summed E-state index contributed by atoms with van der Waals surface area (Å²) in [6.07, 6.45) is 0. The molecule has 1 amide bonds. The second-order valence-electron chi connectivity index (χ2n) is 5.79. The number of halogens is 1. The lowest BCUT2D eigenvalue weighted by Gasteiger charge is -2.12. The molecule has 0 unspecified atom stereocenters. The first-order chi connectivity index (χ1) is 13.1. The number of nitro benzene ring substituents is 1. The molecule has 28 heavy (non-hydrogen) atoms. The number of rotatable bonds is 8. The van der Waals surface area contributed by atoms with Crippen molar-refractivity contribution in [3.8, 4) is 5.75 Å². The average Bonchev–Trinajstić information content (AvgIpc) is 2.65. The highest BCUT2D eigenvalue weighted by Crippen LogP contribution is 2.25. The second-order valence-corrected chi connectivity index (χ2v) is 8.35. The minimum absolute atomic E-state index is 0.0513. The van der Waals surface area contributed by atoms with E-state index in [2.05, 4.69) is 5.32 Å². The number of carbonyl (C=O) groups is 1. The molecule has 9 nitrogen and oxygen atoms in total. The van der Waals surface area contributed by atoms with Crippen LogP contribution < -0.4 is 10.1 Å². The summed E-state index contributed by atoms with van der Waals surface area (Å²) < 4.78 is 30.5. The molecule has 11 heteroatoms. The number of ether oxygens (including phenoxy) is 1. The highest BCUT2D eigenvalue weighted by Gasteiger charge is 2.17. The number of sulfonamides is 1. The Morgan fingerprint density at radius 3 is 2.43 bits per heavy atom. The maximum absolute atomic E-state index is 12.1. The Labute approximate surface area is 167 Å². The molecule has 0 fully saturated rings. The van der Waals surface area contributed by atoms with E-state index < -0.39 is 20.9 Å². The molecule has 2 aromatic rings. The normalized spacial score (nSPS) is 11.3. The van der Waals surface area contributed by atoms with Crippen LogP contribution in [0.2, 0.25) is 5.02 Å². The molecule has 0 aromatic heterocycles. The van der Waals surface area contributed by atoms with Gasteiger partial charge in [-0.15, -0.1) is 0 Å². The topological polar surface area (TPSA) is 119 Å². The first-order valence-electron chi connectivity index (χ1n) is 8.00. The summed E-state index contributed by atoms with van der Waals surface area (Å²) in [5.74, 6) is -0.0649. The van der Waals surface area contributed by atoms with Crippen molar-refractivity contribution in [1.29, 1.82) is 0 Å². The van der Waals surface area contributed by atoms with Crippen molar-refractivity contribution in [2.75, 3.05) is 27.2 Å². The third-order valence-electron chi connectivity index (χ3n) is 3.66. The smallest absolute Gasteiger partial charge is 0.288 e. The van der Waals surface area contributed by atoms with E-state index in [1.54, 1.807) is 0 Å². The highest BCUT2D eigenvalue weighted by molar-refractivity contribution is 7.89. The number of nitro groups is 1. The largest absolute Gasteiger partial charge is 0.492 e. The third-order valence-corrected chi connectivity index (χ3v) is 5.81. The van der Waals surface area contributed by atoms with E-state index in [0.29, 0.717) is 5.75 Å². The Morgan fingerprint density at radius 1 is 1.21 bits per heavy atom. The maximum Gasteiger partial charge on any atom is 0.288 e. The second kappa shape index (κ2) is 9.00. The van der Waals surface area contributed by atoms with Crippen LogP contribution in [0.3, 0.4) is 0 Å². The number of hydrogen-bond donors (Lipinski definition) is 1. The van der Waals surface area contributed by atoms with E-state index in [1.807, 2.05) is 0 Å². The minimum Gasteiger partial charge on any atom is -0.492 e. The predicted molar refractivity (Wildman–Crippen MR) is 103 cm³/mol. The number of nitrogens with zero attached hydrogens (tertiary/aromatic N) is 2. The van der Waals surface area contributed by atoms with Crippen molar-refractivity contribution in [2.24, 2.45) is 0 Å². The van der Waals surface area contributed by atoms with Gasteiger partial charge >= 0.3 is 0 Å². The Balaban J connectivity index is 1.88. The number of nitrogens with one attached hydrogen (secondary N) is 1. The van der Waals surface area contributed by atoms with Gasteiger partial charge in [0.05, 0.1) is 16.4 Å². The van der Waals surface area contributed by atoms with Crippen LogP contribution in [0.4, 0.5) is 5.69 Å². The highest BCUT2D eigenvalue weighted by atomic mass is 35.5. The Morgan fingerprint density at radius 2 is 1.86 bits per heavy atom. The SMILES string of the molecule is CN(C)S(=O)(=O)c1ccc(OCCNC(=O)c2ccc(Cl)c([N+](=O)[O-])c2)cc1. The van der Waals surface area contributed by atoms with Gasteiger partial charge in [0.2, 0.25) is 10.0 Å². The summed E-state index contributed by atoms with van der Waals surface area (Å²) in [5, 5.41) is 13.4. The summed E-state index contributed by atoms with van der Waals surface area (Å²) >= 11 is 5.71. The maximum atomic E-state index is 12.1. The fraction of sp³-hybridized carbons (Fsp3) is 0.235. The lowest BCUT2D eigenvalue weighted by Crippen LogP contribution is -2.28. The Hall–Kier alpha value is -2.69. The number of amides is 1. The molecule has 0 saturated heterocycles. The number of carbonyl (C=O) groups excluding carboxylic acids is 1. The molecule has 1 N–H and O–H groups in total. The van der Waals surface area contributed by atoms with Crippen LogP contribution in [0.1, 0.15) is 10.4 Å². The van der Waals surface area contributed by atoms with Crippen LogP contribution in [0.5, 0.6) is 5.75 Å². The van der Waals surface area contributed by atoms with E-state index in [0.717, 1.165) is 10.4 Å². The lowest BCUT2D eigenvalue weighted by molar-refractivity contribution is -0.384. The van der Waals surface area contributed by atoms with E-state index >= 15 is 0 Å². The molecule has 0 atom stereocenters. The van der Waals surface area contributed by atoms with Gasteiger partial charge in [-0.05, 0) is 36.4 Å². The fourth-order valence-electron chi connectivity index (χ4n) is 2.15. The van der Waals surface area contributed by atoms with E-state index in [1.165, 1.54) is 50.5 Å². The van der Waals surface area contributed by atoms with Gasteiger partial charge in [0.15, 0.2) is 0 Å². The van der Waals surface area contributed by atoms with Crippen LogP contribution in [-0.2, 0) is 10.0 Å². The lowest BCUT2D eigenvalue weighted by atomic mass is 10.2. The van der Waals surface area contributed by atoms with Crippen LogP contribution in [0.15, 0.2) is 47.4 Å². The van der Waals surface area contributed by atoms with Gasteiger partial charge in [-0.25, -0.2) is 12.7 Å². The molecule has 0 aliphatic carbocycles. The minimum atomic E-state index is -3.51. The average molecular weight is 428 g/mol. The quantitative estimate of drug-likeness (QED) is 0.392. The molecule has 0 aliphatic heterocycles. The molecular weight excluding hydrogens is 410 g/mol. The molecule has 0 radical (unpaired) electrons.